The summed E-state index contributed by atoms with van der Waals surface area (Å²) in [5.41, 5.74) is -0.000943. The van der Waals surface area contributed by atoms with Gasteiger partial charge in [0.2, 0.25) is 0 Å². The van der Waals surface area contributed by atoms with Crippen LogP contribution in [0.25, 0.3) is 0 Å². The molecule has 1 heterocycles. The summed E-state index contributed by atoms with van der Waals surface area (Å²) in [7, 11) is 0. The Labute approximate surface area is 160 Å². The van der Waals surface area contributed by atoms with Crippen molar-refractivity contribution >= 4 is 17.8 Å². The van der Waals surface area contributed by atoms with Crippen molar-refractivity contribution < 1.29 is 23.9 Å². The Bertz CT molecular complexity index is 703. The quantitative estimate of drug-likeness (QED) is 0.755. The van der Waals surface area contributed by atoms with Gasteiger partial charge in [0, 0.05) is 31.7 Å². The molecular weight excluding hydrogens is 348 g/mol. The monoisotopic (exact) mass is 376 g/mol. The van der Waals surface area contributed by atoms with E-state index in [9.17, 15) is 14.4 Å². The molecule has 148 valence electrons. The van der Waals surface area contributed by atoms with Gasteiger partial charge < -0.3 is 19.3 Å². The van der Waals surface area contributed by atoms with Crippen LogP contribution in [0.3, 0.4) is 0 Å². The fraction of sp³-hybridized carbons (Fsp3) is 0.550. The van der Waals surface area contributed by atoms with Gasteiger partial charge in [-0.1, -0.05) is 12.1 Å². The Morgan fingerprint density at radius 2 is 1.63 bits per heavy atom. The van der Waals surface area contributed by atoms with Gasteiger partial charge in [-0.2, -0.15) is 0 Å². The molecule has 0 N–H and O–H groups in total. The maximum atomic E-state index is 12.6. The maximum absolute atomic E-state index is 12.6. The van der Waals surface area contributed by atoms with Crippen LogP contribution in [0.5, 0.6) is 5.75 Å². The van der Waals surface area contributed by atoms with Crippen LogP contribution in [-0.4, -0.2) is 65.5 Å². The lowest BCUT2D eigenvalue weighted by Crippen LogP contribution is -2.54. The second-order valence-corrected chi connectivity index (χ2v) is 7.64. The molecule has 27 heavy (non-hydrogen) atoms. The Hall–Kier alpha value is -2.57. The van der Waals surface area contributed by atoms with E-state index in [1.54, 1.807) is 41.0 Å². The predicted molar refractivity (Wildman–Crippen MR) is 101 cm³/mol. The minimum absolute atomic E-state index is 0.0577. The lowest BCUT2D eigenvalue weighted by Gasteiger charge is -2.36. The molecule has 0 spiro atoms. The highest BCUT2D eigenvalue weighted by atomic mass is 16.6. The zero-order valence-electron chi connectivity index (χ0n) is 16.7. The zero-order valence-corrected chi connectivity index (χ0v) is 16.7. The van der Waals surface area contributed by atoms with Crippen LogP contribution in [0.4, 0.5) is 4.79 Å². The second-order valence-electron chi connectivity index (χ2n) is 7.64. The molecule has 0 aromatic heterocycles. The van der Waals surface area contributed by atoms with Crippen LogP contribution >= 0.6 is 0 Å². The van der Waals surface area contributed by atoms with Gasteiger partial charge in [0.1, 0.15) is 11.4 Å². The molecule has 7 nitrogen and oxygen atoms in total. The van der Waals surface area contributed by atoms with Crippen LogP contribution in [0.2, 0.25) is 0 Å². The minimum atomic E-state index is -0.680. The van der Waals surface area contributed by atoms with Gasteiger partial charge in [0.05, 0.1) is 0 Å². The second kappa shape index (κ2) is 8.41. The molecule has 1 aliphatic heterocycles. The number of piperazine rings is 1. The van der Waals surface area contributed by atoms with Crippen molar-refractivity contribution in [3.05, 3.63) is 29.8 Å². The Morgan fingerprint density at radius 3 is 2.19 bits per heavy atom. The summed E-state index contributed by atoms with van der Waals surface area (Å²) in [6.45, 7) is 10.3. The van der Waals surface area contributed by atoms with E-state index in [1.165, 1.54) is 6.92 Å². The van der Waals surface area contributed by atoms with Crippen molar-refractivity contribution in [3.63, 3.8) is 0 Å². The standard InChI is InChI=1S/C20H28N2O5/c1-14(23)16-7-6-8-17(13-16)26-15(2)18(24)21-9-11-22(12-10-21)19(25)27-20(3,4)5/h6-8,13,15H,9-12H2,1-5H3. The van der Waals surface area contributed by atoms with Crippen LogP contribution < -0.4 is 4.74 Å². The molecule has 1 atom stereocenters. The normalized spacial score (nSPS) is 15.9. The lowest BCUT2D eigenvalue weighted by atomic mass is 10.1. The highest BCUT2D eigenvalue weighted by Crippen LogP contribution is 2.17. The van der Waals surface area contributed by atoms with Crippen molar-refractivity contribution in [2.24, 2.45) is 0 Å². The number of hydrogen-bond acceptors (Lipinski definition) is 5. The van der Waals surface area contributed by atoms with Gasteiger partial charge in [0.15, 0.2) is 11.9 Å². The van der Waals surface area contributed by atoms with E-state index in [2.05, 4.69) is 0 Å². The molecule has 0 radical (unpaired) electrons. The first-order chi connectivity index (χ1) is 12.6. The molecule has 1 aliphatic rings. The lowest BCUT2D eigenvalue weighted by molar-refractivity contribution is -0.139. The average molecular weight is 376 g/mol. The predicted octanol–water partition coefficient (Wildman–Crippen LogP) is 2.74. The number of carbonyl (C=O) groups is 3. The van der Waals surface area contributed by atoms with Gasteiger partial charge in [0.25, 0.3) is 5.91 Å². The third-order valence-electron chi connectivity index (χ3n) is 4.14. The first-order valence-corrected chi connectivity index (χ1v) is 9.11. The third kappa shape index (κ3) is 5.98. The molecule has 2 rings (SSSR count). The number of ketones is 1. The minimum Gasteiger partial charge on any atom is -0.481 e. The van der Waals surface area contributed by atoms with Crippen molar-refractivity contribution in [1.29, 1.82) is 0 Å². The summed E-state index contributed by atoms with van der Waals surface area (Å²) < 4.78 is 11.1. The zero-order chi connectivity index (χ0) is 20.2. The van der Waals surface area contributed by atoms with Crippen LogP contribution in [0.15, 0.2) is 24.3 Å². The summed E-state index contributed by atoms with van der Waals surface area (Å²) in [5.74, 6) is 0.278. The van der Waals surface area contributed by atoms with Gasteiger partial charge in [-0.3, -0.25) is 9.59 Å². The van der Waals surface area contributed by atoms with Crippen LogP contribution in [0, 0.1) is 0 Å². The Balaban J connectivity index is 1.89. The number of amides is 2. The van der Waals surface area contributed by atoms with Crippen molar-refractivity contribution in [2.75, 3.05) is 26.2 Å². The molecule has 7 heteroatoms. The fourth-order valence-electron chi connectivity index (χ4n) is 2.74. The van der Waals surface area contributed by atoms with Crippen molar-refractivity contribution in [3.8, 4) is 5.75 Å². The summed E-state index contributed by atoms with van der Waals surface area (Å²) in [4.78, 5) is 39.5. The third-order valence-corrected chi connectivity index (χ3v) is 4.14. The first kappa shape index (κ1) is 20.7. The topological polar surface area (TPSA) is 76.2 Å². The number of ether oxygens (including phenoxy) is 2. The number of hydrogen-bond donors (Lipinski definition) is 0. The molecular formula is C20H28N2O5. The maximum Gasteiger partial charge on any atom is 0.410 e. The molecule has 1 saturated heterocycles. The Kier molecular flexibility index (Phi) is 6.46. The van der Waals surface area contributed by atoms with E-state index in [0.717, 1.165) is 0 Å². The molecule has 2 amide bonds. The van der Waals surface area contributed by atoms with Gasteiger partial charge >= 0.3 is 6.09 Å². The number of benzene rings is 1. The summed E-state index contributed by atoms with van der Waals surface area (Å²) >= 11 is 0. The molecule has 0 bridgehead atoms. The largest absolute Gasteiger partial charge is 0.481 e. The molecule has 0 aliphatic carbocycles. The van der Waals surface area contributed by atoms with E-state index >= 15 is 0 Å². The van der Waals surface area contributed by atoms with Crippen molar-refractivity contribution in [1.82, 2.24) is 9.80 Å². The number of rotatable bonds is 4. The number of Topliss-reactive ketones (excluding diaryl/α,β-unsaturated/α-hetero) is 1. The van der Waals surface area contributed by atoms with Gasteiger partial charge in [-0.25, -0.2) is 4.79 Å². The smallest absolute Gasteiger partial charge is 0.410 e. The Morgan fingerprint density at radius 1 is 1.04 bits per heavy atom. The van der Waals surface area contributed by atoms with E-state index in [-0.39, 0.29) is 17.8 Å². The molecule has 0 saturated carbocycles. The van der Waals surface area contributed by atoms with E-state index in [1.807, 2.05) is 20.8 Å². The summed E-state index contributed by atoms with van der Waals surface area (Å²) in [5, 5.41) is 0. The number of nitrogens with zero attached hydrogens (tertiary/aromatic N) is 2. The molecule has 1 aromatic rings. The van der Waals surface area contributed by atoms with Crippen molar-refractivity contribution in [2.45, 2.75) is 46.3 Å². The van der Waals surface area contributed by atoms with Crippen LogP contribution in [0.1, 0.15) is 45.0 Å². The summed E-state index contributed by atoms with van der Waals surface area (Å²) in [6.07, 6.45) is -1.04. The average Bonchev–Trinajstić information content (AvgIpc) is 2.60. The SMILES string of the molecule is CC(=O)c1cccc(OC(C)C(=O)N2CCN(C(=O)OC(C)(C)C)CC2)c1. The van der Waals surface area contributed by atoms with E-state index < -0.39 is 11.7 Å². The highest BCUT2D eigenvalue weighted by Gasteiger charge is 2.30. The van der Waals surface area contributed by atoms with Gasteiger partial charge in [-0.15, -0.1) is 0 Å². The summed E-state index contributed by atoms with van der Waals surface area (Å²) in [6, 6.07) is 6.78. The van der Waals surface area contributed by atoms with Crippen LogP contribution in [-0.2, 0) is 9.53 Å². The van der Waals surface area contributed by atoms with E-state index in [0.29, 0.717) is 37.5 Å². The molecule has 1 unspecified atom stereocenters. The fourth-order valence-corrected chi connectivity index (χ4v) is 2.74. The van der Waals surface area contributed by atoms with E-state index in [4.69, 9.17) is 9.47 Å². The highest BCUT2D eigenvalue weighted by molar-refractivity contribution is 5.94. The molecule has 1 fully saturated rings. The van der Waals surface area contributed by atoms with Gasteiger partial charge in [-0.05, 0) is 46.8 Å². The molecule has 1 aromatic carbocycles. The first-order valence-electron chi connectivity index (χ1n) is 9.11. The number of carbonyl (C=O) groups excluding carboxylic acids is 3.